The van der Waals surface area contributed by atoms with E-state index >= 15 is 0 Å². The molecule has 0 saturated heterocycles. The third kappa shape index (κ3) is 9.50. The smallest absolute Gasteiger partial charge is 1.00 e. The maximum absolute atomic E-state index is 2.61. The Morgan fingerprint density at radius 1 is 0.456 bits per heavy atom. The molecule has 4 aromatic carbocycles. The largest absolute Gasteiger partial charge is 1.00 e. The molecule has 2 aliphatic rings. The molecule has 2 aromatic heterocycles. The van der Waals surface area contributed by atoms with Crippen molar-refractivity contribution in [2.24, 2.45) is 0 Å². The Hall–Kier alpha value is -2.78. The summed E-state index contributed by atoms with van der Waals surface area (Å²) in [7, 11) is 0. The number of benzene rings is 4. The first-order valence-corrected chi connectivity index (χ1v) is 25.4. The maximum atomic E-state index is 2.61. The average Bonchev–Trinajstić information content (AvgIpc) is 4.03. The van der Waals surface area contributed by atoms with Crippen LogP contribution >= 0.6 is 22.7 Å². The predicted molar refractivity (Wildman–Crippen MR) is 239 cm³/mol. The zero-order valence-corrected chi connectivity index (χ0v) is 39.4. The van der Waals surface area contributed by atoms with Gasteiger partial charge in [0.2, 0.25) is 0 Å². The van der Waals surface area contributed by atoms with Gasteiger partial charge in [-0.15, -0.1) is 0 Å². The molecule has 0 spiro atoms. The second-order valence-corrected chi connectivity index (χ2v) is 21.5. The Balaban J connectivity index is 0.00000275. The minimum Gasteiger partial charge on any atom is -1.00 e. The molecule has 0 amide bonds. The van der Waals surface area contributed by atoms with E-state index in [1.807, 2.05) is 22.7 Å². The molecule has 0 aliphatic heterocycles. The van der Waals surface area contributed by atoms with Gasteiger partial charge in [-0.2, -0.15) is 0 Å². The molecule has 0 saturated carbocycles. The predicted octanol–water partition coefficient (Wildman–Crippen LogP) is 9.72. The average molecular weight is 905 g/mol. The molecule has 0 fully saturated rings. The molecule has 5 heteroatoms. The molecule has 2 unspecified atom stereocenters. The van der Waals surface area contributed by atoms with Crippen LogP contribution in [0.2, 0.25) is 0 Å². The number of rotatable bonds is 16. The van der Waals surface area contributed by atoms with Crippen LogP contribution < -0.4 is 24.8 Å². The molecule has 0 N–H and O–H groups in total. The summed E-state index contributed by atoms with van der Waals surface area (Å²) in [6.07, 6.45) is 17.2. The van der Waals surface area contributed by atoms with E-state index in [0.29, 0.717) is 7.25 Å². The van der Waals surface area contributed by atoms with Crippen LogP contribution in [-0.4, -0.2) is 0 Å². The van der Waals surface area contributed by atoms with E-state index in [1.54, 1.807) is 22.3 Å². The van der Waals surface area contributed by atoms with Gasteiger partial charge in [0, 0.05) is 0 Å². The standard InChI is InChI=1S/2C26H27S.2ClH.Zr/c2*1-3-5-8-19-11-13-20(14-12-19)24-10-6-9-21-17-22(18-25(21)24)26-16-15-23(27-26)7-4-2;;;/h2*6,9-18H,3-5,7-8H2,1-2H3;2*1H;/q;;;;+2/p-2. The van der Waals surface area contributed by atoms with Crippen LogP contribution in [0.1, 0.15) is 126 Å². The number of hydrogen-bond acceptors (Lipinski definition) is 2. The van der Waals surface area contributed by atoms with Gasteiger partial charge in [0.05, 0.1) is 0 Å². The Morgan fingerprint density at radius 3 is 1.26 bits per heavy atom. The van der Waals surface area contributed by atoms with Crippen molar-refractivity contribution in [3.8, 4) is 22.3 Å². The van der Waals surface area contributed by atoms with Crippen LogP contribution in [0.15, 0.2) is 109 Å². The van der Waals surface area contributed by atoms with E-state index in [-0.39, 0.29) is 24.8 Å². The molecule has 0 nitrogen and oxygen atoms in total. The van der Waals surface area contributed by atoms with Crippen molar-refractivity contribution in [1.82, 2.24) is 0 Å². The van der Waals surface area contributed by atoms with Crippen LogP contribution in [0.4, 0.5) is 0 Å². The van der Waals surface area contributed by atoms with Crippen molar-refractivity contribution >= 4 is 46.0 Å². The van der Waals surface area contributed by atoms with Crippen molar-refractivity contribution in [2.75, 3.05) is 0 Å². The van der Waals surface area contributed by atoms with Crippen LogP contribution in [0.25, 0.3) is 45.6 Å². The number of halogens is 2. The maximum Gasteiger partial charge on any atom is -1.00 e. The van der Waals surface area contributed by atoms with Crippen molar-refractivity contribution in [3.63, 3.8) is 0 Å². The number of hydrogen-bond donors (Lipinski definition) is 0. The summed E-state index contributed by atoms with van der Waals surface area (Å²) in [4.78, 5) is 5.99. The van der Waals surface area contributed by atoms with Gasteiger partial charge >= 0.3 is 353 Å². The Morgan fingerprint density at radius 2 is 0.877 bits per heavy atom. The van der Waals surface area contributed by atoms with E-state index in [2.05, 4.69) is 149 Å². The van der Waals surface area contributed by atoms with Crippen molar-refractivity contribution in [2.45, 2.75) is 99.2 Å². The van der Waals surface area contributed by atoms with Crippen molar-refractivity contribution in [1.29, 1.82) is 0 Å². The zero-order chi connectivity index (χ0) is 37.7. The number of aryl methyl sites for hydroxylation is 4. The number of allylic oxidation sites excluding steroid dienone is 2. The number of thiophene rings is 2. The van der Waals surface area contributed by atoms with Gasteiger partial charge < -0.3 is 24.8 Å². The Labute approximate surface area is 374 Å². The van der Waals surface area contributed by atoms with Gasteiger partial charge in [-0.25, -0.2) is 0 Å². The third-order valence-electron chi connectivity index (χ3n) is 11.5. The second kappa shape index (κ2) is 20.5. The van der Waals surface area contributed by atoms with E-state index < -0.39 is 23.2 Å². The molecule has 8 rings (SSSR count). The molecular formula is C52H54Cl2S2Zr. The van der Waals surface area contributed by atoms with Gasteiger partial charge in [-0.3, -0.25) is 0 Å². The molecule has 0 bridgehead atoms. The molecule has 292 valence electrons. The summed E-state index contributed by atoms with van der Waals surface area (Å²) in [5.41, 5.74) is 17.5. The Kier molecular flexibility index (Phi) is 15.7. The van der Waals surface area contributed by atoms with E-state index in [0.717, 1.165) is 25.7 Å². The third-order valence-corrected chi connectivity index (χ3v) is 18.6. The Bertz CT molecular complexity index is 2140. The van der Waals surface area contributed by atoms with Gasteiger partial charge in [0.1, 0.15) is 0 Å². The van der Waals surface area contributed by atoms with Crippen LogP contribution in [0, 0.1) is 0 Å². The zero-order valence-electron chi connectivity index (χ0n) is 33.8. The number of fused-ring (bicyclic) bond motifs is 2. The fraction of sp³-hybridized carbons (Fsp3) is 0.308. The number of unbranched alkanes of at least 4 members (excludes halogenated alkanes) is 2. The van der Waals surface area contributed by atoms with E-state index in [4.69, 9.17) is 0 Å². The SMILES string of the molecule is CCCCc1ccc(-c2cccc3c2C=C(c2ccc(CCC)s2)[CH]3[Zr+2][CH]2C(c3ccc(CCC)s3)=Cc3c(-c4ccc(CCCC)cc4)cccc32)cc1.[Cl-].[Cl-]. The first-order valence-electron chi connectivity index (χ1n) is 20.9. The molecule has 2 atom stereocenters. The fourth-order valence-electron chi connectivity index (χ4n) is 8.55. The van der Waals surface area contributed by atoms with E-state index in [9.17, 15) is 0 Å². The van der Waals surface area contributed by atoms with Crippen molar-refractivity contribution in [3.05, 3.63) is 162 Å². The van der Waals surface area contributed by atoms with Crippen LogP contribution in [-0.2, 0) is 48.9 Å². The monoisotopic (exact) mass is 902 g/mol. The van der Waals surface area contributed by atoms with Gasteiger partial charge in [0.25, 0.3) is 0 Å². The molecule has 6 aromatic rings. The van der Waals surface area contributed by atoms with Gasteiger partial charge in [-0.1, -0.05) is 0 Å². The summed E-state index contributed by atoms with van der Waals surface area (Å²) in [5.74, 6) is 0. The first-order chi connectivity index (χ1) is 27.1. The first kappa shape index (κ1) is 43.8. The molecule has 2 heterocycles. The normalized spacial score (nSPS) is 15.2. The quantitative estimate of drug-likeness (QED) is 0.0909. The summed E-state index contributed by atoms with van der Waals surface area (Å²) in [6, 6.07) is 43.1. The van der Waals surface area contributed by atoms with Crippen molar-refractivity contribution < 1.29 is 48.0 Å². The van der Waals surface area contributed by atoms with Gasteiger partial charge in [-0.05, 0) is 0 Å². The van der Waals surface area contributed by atoms with E-state index in [1.165, 1.54) is 103 Å². The second-order valence-electron chi connectivity index (χ2n) is 15.5. The summed E-state index contributed by atoms with van der Waals surface area (Å²) < 4.78 is 0.956. The fourth-order valence-corrected chi connectivity index (χ4v) is 16.4. The topological polar surface area (TPSA) is 0 Å². The van der Waals surface area contributed by atoms with Gasteiger partial charge in [0.15, 0.2) is 0 Å². The molecule has 0 radical (unpaired) electrons. The molecule has 57 heavy (non-hydrogen) atoms. The minimum absolute atomic E-state index is 0. The molecular weight excluding hydrogens is 851 g/mol. The van der Waals surface area contributed by atoms with Crippen LogP contribution in [0.5, 0.6) is 0 Å². The van der Waals surface area contributed by atoms with Crippen LogP contribution in [0.3, 0.4) is 0 Å². The summed E-state index contributed by atoms with van der Waals surface area (Å²) in [6.45, 7) is 9.17. The minimum atomic E-state index is -1.20. The summed E-state index contributed by atoms with van der Waals surface area (Å²) in [5, 5.41) is 0. The molecule has 2 aliphatic carbocycles. The summed E-state index contributed by atoms with van der Waals surface area (Å²) >= 11 is 2.88.